The Balaban J connectivity index is 0.000000429. The fraction of sp³-hybridized carbons (Fsp3) is 0.455. The molecule has 3 aromatic rings. The van der Waals surface area contributed by atoms with E-state index < -0.39 is 6.10 Å². The van der Waals surface area contributed by atoms with Crippen molar-refractivity contribution >= 4 is 46.7 Å². The number of rotatable bonds is 11. The maximum absolute atomic E-state index is 10.2. The van der Waals surface area contributed by atoms with Gasteiger partial charge in [0.05, 0.1) is 15.8 Å². The Bertz CT molecular complexity index is 1410. The van der Waals surface area contributed by atoms with Gasteiger partial charge in [-0.05, 0) is 83.7 Å². The zero-order valence-corrected chi connectivity index (χ0v) is 27.5. The van der Waals surface area contributed by atoms with Crippen molar-refractivity contribution in [1.29, 1.82) is 5.41 Å². The fourth-order valence-corrected chi connectivity index (χ4v) is 6.49. The Hall–Kier alpha value is -3.24. The molecule has 2 fully saturated rings. The van der Waals surface area contributed by atoms with Crippen LogP contribution >= 0.6 is 23.2 Å². The molecule has 1 unspecified atom stereocenters. The minimum Gasteiger partial charge on any atom is -0.486 e. The largest absolute Gasteiger partial charge is 0.486 e. The summed E-state index contributed by atoms with van der Waals surface area (Å²) >= 11 is 12.6. The van der Waals surface area contributed by atoms with E-state index in [1.54, 1.807) is 24.4 Å². The number of nitrogens with two attached hydrogens (primary N) is 1. The van der Waals surface area contributed by atoms with E-state index in [4.69, 9.17) is 39.1 Å². The maximum Gasteiger partial charge on any atom is 0.128 e. The first-order valence-electron chi connectivity index (χ1n) is 15.0. The summed E-state index contributed by atoms with van der Waals surface area (Å²) in [5.74, 6) is 1.77. The third-order valence-electron chi connectivity index (χ3n) is 8.43. The van der Waals surface area contributed by atoms with Crippen LogP contribution in [0.25, 0.3) is 0 Å². The van der Waals surface area contributed by atoms with Gasteiger partial charge in [-0.25, -0.2) is 4.98 Å². The number of carbonyl (C=O) groups is 1. The highest BCUT2D eigenvalue weighted by molar-refractivity contribution is 6.35. The SMILES string of the molecule is CCC(C=O)CCNC.C[C@@H](Oc1ccc(N)c(C(=N)c2ccc(N3CC4(CCN(C)C4)C3)nc2)c1)c1c(Cl)cncc1Cl. The predicted molar refractivity (Wildman–Crippen MR) is 179 cm³/mol. The third-order valence-corrected chi connectivity index (χ3v) is 9.03. The number of hydrogen-bond donors (Lipinski definition) is 3. The number of likely N-dealkylation sites (tertiary alicyclic amines) is 1. The lowest BCUT2D eigenvalue weighted by Gasteiger charge is -2.48. The fourth-order valence-electron chi connectivity index (χ4n) is 5.81. The van der Waals surface area contributed by atoms with Crippen LogP contribution in [0, 0.1) is 16.7 Å². The van der Waals surface area contributed by atoms with Gasteiger partial charge in [0.2, 0.25) is 0 Å². The zero-order chi connectivity index (χ0) is 31.9. The second-order valence-electron chi connectivity index (χ2n) is 11.8. The number of nitrogens with zero attached hydrogens (tertiary/aromatic N) is 4. The summed E-state index contributed by atoms with van der Waals surface area (Å²) in [6, 6.07) is 9.19. The van der Waals surface area contributed by atoms with Crippen LogP contribution in [0.4, 0.5) is 11.5 Å². The summed E-state index contributed by atoms with van der Waals surface area (Å²) in [5, 5.41) is 12.7. The van der Waals surface area contributed by atoms with Gasteiger partial charge in [0.1, 0.15) is 24.0 Å². The number of ether oxygens (including phenoxy) is 1. The molecule has 2 atom stereocenters. The van der Waals surface area contributed by atoms with E-state index in [0.717, 1.165) is 51.1 Å². The first-order valence-corrected chi connectivity index (χ1v) is 15.8. The van der Waals surface area contributed by atoms with Gasteiger partial charge in [-0.2, -0.15) is 0 Å². The van der Waals surface area contributed by atoms with Crippen LogP contribution in [0.3, 0.4) is 0 Å². The van der Waals surface area contributed by atoms with E-state index in [0.29, 0.717) is 43.6 Å². The number of nitrogens with one attached hydrogen (secondary N) is 2. The Kier molecular flexibility index (Phi) is 11.6. The summed E-state index contributed by atoms with van der Waals surface area (Å²) in [5.41, 5.74) is 9.36. The number of halogens is 2. The highest BCUT2D eigenvalue weighted by Gasteiger charge is 2.47. The van der Waals surface area contributed by atoms with E-state index in [2.05, 4.69) is 32.1 Å². The van der Waals surface area contributed by atoms with Crippen molar-refractivity contribution in [2.45, 2.75) is 39.2 Å². The summed E-state index contributed by atoms with van der Waals surface area (Å²) in [4.78, 5) is 23.6. The highest BCUT2D eigenvalue weighted by atomic mass is 35.5. The van der Waals surface area contributed by atoms with Gasteiger partial charge < -0.3 is 30.4 Å². The van der Waals surface area contributed by atoms with Crippen LogP contribution in [-0.2, 0) is 4.79 Å². The molecule has 0 radical (unpaired) electrons. The molecule has 4 N–H and O–H groups in total. The number of pyridine rings is 2. The van der Waals surface area contributed by atoms with Crippen molar-refractivity contribution in [1.82, 2.24) is 20.2 Å². The van der Waals surface area contributed by atoms with Crippen LogP contribution in [0.15, 0.2) is 48.9 Å². The Morgan fingerprint density at radius 1 is 1.18 bits per heavy atom. The number of benzene rings is 1. The van der Waals surface area contributed by atoms with Crippen molar-refractivity contribution < 1.29 is 9.53 Å². The molecule has 0 bridgehead atoms. The molecular weight excluding hydrogens is 597 g/mol. The molecule has 11 heteroatoms. The molecular formula is C33H43Cl2N7O2. The van der Waals surface area contributed by atoms with Crippen LogP contribution < -0.4 is 20.7 Å². The lowest BCUT2D eigenvalue weighted by atomic mass is 9.79. The molecule has 2 aliphatic heterocycles. The first kappa shape index (κ1) is 33.6. The van der Waals surface area contributed by atoms with Crippen molar-refractivity contribution in [3.05, 3.63) is 75.7 Å². The molecule has 44 heavy (non-hydrogen) atoms. The molecule has 0 amide bonds. The molecule has 0 saturated carbocycles. The van der Waals surface area contributed by atoms with E-state index in [-0.39, 0.29) is 11.6 Å². The number of aldehydes is 1. The van der Waals surface area contributed by atoms with Gasteiger partial charge >= 0.3 is 0 Å². The van der Waals surface area contributed by atoms with E-state index in [1.807, 2.05) is 33.0 Å². The van der Waals surface area contributed by atoms with Crippen LogP contribution in [-0.4, -0.2) is 73.7 Å². The Morgan fingerprint density at radius 3 is 2.48 bits per heavy atom. The molecule has 2 aromatic heterocycles. The predicted octanol–water partition coefficient (Wildman–Crippen LogP) is 5.88. The molecule has 9 nitrogen and oxygen atoms in total. The number of aromatic nitrogens is 2. The maximum atomic E-state index is 10.2. The van der Waals surface area contributed by atoms with Gasteiger partial charge in [-0.1, -0.05) is 30.1 Å². The summed E-state index contributed by atoms with van der Waals surface area (Å²) in [7, 11) is 4.09. The van der Waals surface area contributed by atoms with Crippen molar-refractivity contribution in [2.75, 3.05) is 57.5 Å². The number of anilines is 2. The molecule has 236 valence electrons. The van der Waals surface area contributed by atoms with Crippen LogP contribution in [0.1, 0.15) is 55.9 Å². The lowest BCUT2D eigenvalue weighted by molar-refractivity contribution is -0.111. The highest BCUT2D eigenvalue weighted by Crippen LogP contribution is 2.41. The molecule has 1 aromatic carbocycles. The van der Waals surface area contributed by atoms with Gasteiger partial charge in [-0.15, -0.1) is 0 Å². The lowest BCUT2D eigenvalue weighted by Crippen LogP contribution is -2.57. The van der Waals surface area contributed by atoms with Gasteiger partial charge in [0.15, 0.2) is 0 Å². The van der Waals surface area contributed by atoms with E-state index in [1.165, 1.54) is 25.4 Å². The van der Waals surface area contributed by atoms with Crippen molar-refractivity contribution in [2.24, 2.45) is 11.3 Å². The summed E-state index contributed by atoms with van der Waals surface area (Å²) in [6.07, 6.45) is 8.63. The zero-order valence-electron chi connectivity index (χ0n) is 25.9. The molecule has 2 aliphatic rings. The first-order chi connectivity index (χ1) is 21.1. The quantitative estimate of drug-likeness (QED) is 0.135. The number of nitrogen functional groups attached to an aromatic ring is 1. The standard InChI is InChI=1S/C26H28Cl2N6O.C7H15NO/c1-16(24-20(27)11-31-12-21(24)28)35-18-4-5-22(29)19(9-18)25(30)17-3-6-23(32-10-17)34-14-26(15-34)7-8-33(2)13-26;1-3-7(6-9)4-5-8-2/h3-6,9-12,16,30H,7-8,13-15,29H2,1-2H3;6-8H,3-5H2,1-2H3/t16-;/m1./s1. The summed E-state index contributed by atoms with van der Waals surface area (Å²) < 4.78 is 6.10. The molecule has 4 heterocycles. The molecule has 1 spiro atoms. The summed E-state index contributed by atoms with van der Waals surface area (Å²) in [6.45, 7) is 9.24. The van der Waals surface area contributed by atoms with Crippen molar-refractivity contribution in [3.8, 4) is 5.75 Å². The van der Waals surface area contributed by atoms with Crippen LogP contribution in [0.2, 0.25) is 10.0 Å². The topological polar surface area (TPSA) is 120 Å². The minimum absolute atomic E-state index is 0.262. The molecule has 2 saturated heterocycles. The molecule has 0 aliphatic carbocycles. The van der Waals surface area contributed by atoms with Gasteiger partial charge in [0.25, 0.3) is 0 Å². The average Bonchev–Trinajstić information content (AvgIpc) is 3.40. The van der Waals surface area contributed by atoms with Crippen LogP contribution in [0.5, 0.6) is 5.75 Å². The average molecular weight is 641 g/mol. The minimum atomic E-state index is -0.413. The number of hydrogen-bond acceptors (Lipinski definition) is 9. The van der Waals surface area contributed by atoms with E-state index in [9.17, 15) is 4.79 Å². The van der Waals surface area contributed by atoms with Crippen molar-refractivity contribution in [3.63, 3.8) is 0 Å². The monoisotopic (exact) mass is 639 g/mol. The van der Waals surface area contributed by atoms with E-state index >= 15 is 0 Å². The van der Waals surface area contributed by atoms with Gasteiger partial charge in [0, 0.05) is 71.9 Å². The Morgan fingerprint density at radius 2 is 1.91 bits per heavy atom. The smallest absolute Gasteiger partial charge is 0.128 e. The second-order valence-corrected chi connectivity index (χ2v) is 12.7. The second kappa shape index (κ2) is 15.2. The Labute approximate surface area is 270 Å². The molecule has 5 rings (SSSR count). The normalized spacial score (nSPS) is 16.9. The van der Waals surface area contributed by atoms with Gasteiger partial charge in [-0.3, -0.25) is 10.4 Å². The number of carbonyl (C=O) groups excluding carboxylic acids is 1. The third kappa shape index (κ3) is 8.07.